The summed E-state index contributed by atoms with van der Waals surface area (Å²) in [6.07, 6.45) is 1.82. The van der Waals surface area contributed by atoms with Gasteiger partial charge in [0.25, 0.3) is 0 Å². The second-order valence-corrected chi connectivity index (χ2v) is 10.5. The van der Waals surface area contributed by atoms with Crippen LogP contribution in [0.4, 0.5) is 5.69 Å². The fourth-order valence-corrected chi connectivity index (χ4v) is 4.66. The SMILES string of the molecule is Cn1ncc2c(-c3ccc(NS(=O)(=O)Cc4ccccc4)cc3)cc(C(C)(C)C)nc21. The van der Waals surface area contributed by atoms with Gasteiger partial charge in [-0.1, -0.05) is 63.2 Å². The first kappa shape index (κ1) is 21.1. The van der Waals surface area contributed by atoms with Crippen LogP contribution in [0.3, 0.4) is 0 Å². The van der Waals surface area contributed by atoms with Crippen molar-refractivity contribution < 1.29 is 8.42 Å². The zero-order valence-electron chi connectivity index (χ0n) is 18.1. The van der Waals surface area contributed by atoms with E-state index in [1.807, 2.05) is 43.6 Å². The van der Waals surface area contributed by atoms with Crippen molar-refractivity contribution in [3.8, 4) is 11.1 Å². The number of nitrogens with one attached hydrogen (secondary N) is 1. The van der Waals surface area contributed by atoms with Crippen molar-refractivity contribution in [3.05, 3.63) is 78.1 Å². The highest BCUT2D eigenvalue weighted by Gasteiger charge is 2.20. The average Bonchev–Trinajstić information content (AvgIpc) is 3.08. The first-order valence-electron chi connectivity index (χ1n) is 10.1. The minimum atomic E-state index is -3.50. The molecule has 160 valence electrons. The van der Waals surface area contributed by atoms with E-state index in [9.17, 15) is 8.42 Å². The predicted octanol–water partition coefficient (Wildman–Crippen LogP) is 4.87. The van der Waals surface area contributed by atoms with Gasteiger partial charge in [0.1, 0.15) is 0 Å². The lowest BCUT2D eigenvalue weighted by molar-refractivity contribution is 0.570. The summed E-state index contributed by atoms with van der Waals surface area (Å²) in [5.41, 5.74) is 4.99. The second-order valence-electron chi connectivity index (χ2n) is 8.73. The van der Waals surface area contributed by atoms with Crippen LogP contribution in [0, 0.1) is 0 Å². The number of hydrogen-bond donors (Lipinski definition) is 1. The van der Waals surface area contributed by atoms with Crippen molar-refractivity contribution in [1.82, 2.24) is 14.8 Å². The fourth-order valence-electron chi connectivity index (χ4n) is 3.46. The van der Waals surface area contributed by atoms with Crippen molar-refractivity contribution in [2.24, 2.45) is 7.05 Å². The van der Waals surface area contributed by atoms with Gasteiger partial charge in [-0.05, 0) is 34.9 Å². The quantitative estimate of drug-likeness (QED) is 0.486. The van der Waals surface area contributed by atoms with E-state index < -0.39 is 10.0 Å². The van der Waals surface area contributed by atoms with Gasteiger partial charge in [-0.2, -0.15) is 5.10 Å². The lowest BCUT2D eigenvalue weighted by Crippen LogP contribution is -2.15. The molecular formula is C24H26N4O2S. The number of aromatic nitrogens is 3. The number of sulfonamides is 1. The number of aryl methyl sites for hydroxylation is 1. The zero-order chi connectivity index (χ0) is 22.2. The molecule has 4 rings (SSSR count). The molecule has 2 aromatic carbocycles. The molecule has 0 aliphatic carbocycles. The molecule has 0 saturated heterocycles. The van der Waals surface area contributed by atoms with E-state index in [2.05, 4.69) is 36.7 Å². The molecule has 0 aliphatic rings. The third-order valence-corrected chi connectivity index (χ3v) is 6.40. The Balaban J connectivity index is 1.65. The Bertz CT molecular complexity index is 1320. The fraction of sp³-hybridized carbons (Fsp3) is 0.250. The van der Waals surface area contributed by atoms with Crippen LogP contribution < -0.4 is 4.72 Å². The Hall–Kier alpha value is -3.19. The third kappa shape index (κ3) is 4.61. The molecule has 0 unspecified atom stereocenters. The smallest absolute Gasteiger partial charge is 0.236 e. The minimum Gasteiger partial charge on any atom is -0.283 e. The average molecular weight is 435 g/mol. The molecule has 7 heteroatoms. The summed E-state index contributed by atoms with van der Waals surface area (Å²) < 4.78 is 29.5. The first-order chi connectivity index (χ1) is 14.6. The van der Waals surface area contributed by atoms with E-state index in [0.29, 0.717) is 5.69 Å². The molecule has 0 fully saturated rings. The van der Waals surface area contributed by atoms with Gasteiger partial charge in [-0.3, -0.25) is 9.40 Å². The van der Waals surface area contributed by atoms with Gasteiger partial charge >= 0.3 is 0 Å². The van der Waals surface area contributed by atoms with Gasteiger partial charge in [0.2, 0.25) is 10.0 Å². The Morgan fingerprint density at radius 3 is 2.32 bits per heavy atom. The van der Waals surface area contributed by atoms with Crippen LogP contribution in [0.25, 0.3) is 22.2 Å². The molecule has 31 heavy (non-hydrogen) atoms. The van der Waals surface area contributed by atoms with E-state index in [1.165, 1.54) is 0 Å². The molecule has 0 aliphatic heterocycles. The number of fused-ring (bicyclic) bond motifs is 1. The number of rotatable bonds is 5. The Labute approximate surface area is 183 Å². The molecular weight excluding hydrogens is 408 g/mol. The van der Waals surface area contributed by atoms with Crippen molar-refractivity contribution in [2.75, 3.05) is 4.72 Å². The Morgan fingerprint density at radius 1 is 1.00 bits per heavy atom. The number of nitrogens with zero attached hydrogens (tertiary/aromatic N) is 3. The van der Waals surface area contributed by atoms with E-state index in [-0.39, 0.29) is 11.2 Å². The molecule has 4 aromatic rings. The standard InChI is InChI=1S/C24H26N4O2S/c1-24(2,3)22-14-20(21-15-25-28(4)23(21)26-22)18-10-12-19(13-11-18)27-31(29,30)16-17-8-6-5-7-9-17/h5-15,27H,16H2,1-4H3. The maximum Gasteiger partial charge on any atom is 0.236 e. The highest BCUT2D eigenvalue weighted by molar-refractivity contribution is 7.91. The minimum absolute atomic E-state index is 0.0643. The van der Waals surface area contributed by atoms with Crippen LogP contribution in [0.1, 0.15) is 32.0 Å². The summed E-state index contributed by atoms with van der Waals surface area (Å²) >= 11 is 0. The van der Waals surface area contributed by atoms with Gasteiger partial charge in [-0.15, -0.1) is 0 Å². The monoisotopic (exact) mass is 434 g/mol. The molecule has 0 radical (unpaired) electrons. The van der Waals surface area contributed by atoms with Crippen molar-refractivity contribution >= 4 is 26.7 Å². The van der Waals surface area contributed by atoms with Crippen LogP contribution >= 0.6 is 0 Å². The van der Waals surface area contributed by atoms with Gasteiger partial charge in [0, 0.05) is 29.2 Å². The van der Waals surface area contributed by atoms with E-state index in [1.54, 1.807) is 28.9 Å². The van der Waals surface area contributed by atoms with Gasteiger partial charge in [0.05, 0.1) is 11.9 Å². The summed E-state index contributed by atoms with van der Waals surface area (Å²) in [4.78, 5) is 4.81. The van der Waals surface area contributed by atoms with Crippen LogP contribution in [0.5, 0.6) is 0 Å². The number of hydrogen-bond acceptors (Lipinski definition) is 4. The molecule has 0 bridgehead atoms. The molecule has 0 saturated carbocycles. The summed E-state index contributed by atoms with van der Waals surface area (Å²) in [5, 5.41) is 5.34. The van der Waals surface area contributed by atoms with Crippen LogP contribution in [-0.2, 0) is 28.2 Å². The molecule has 6 nitrogen and oxygen atoms in total. The number of benzene rings is 2. The summed E-state index contributed by atoms with van der Waals surface area (Å²) in [7, 11) is -1.61. The van der Waals surface area contributed by atoms with Gasteiger partial charge in [-0.25, -0.2) is 13.4 Å². The van der Waals surface area contributed by atoms with Crippen molar-refractivity contribution in [1.29, 1.82) is 0 Å². The Morgan fingerprint density at radius 2 is 1.68 bits per heavy atom. The topological polar surface area (TPSA) is 76.9 Å². The lowest BCUT2D eigenvalue weighted by Gasteiger charge is -2.19. The van der Waals surface area contributed by atoms with Crippen LogP contribution in [0.15, 0.2) is 66.9 Å². The van der Waals surface area contributed by atoms with Crippen LogP contribution in [0.2, 0.25) is 0 Å². The zero-order valence-corrected chi connectivity index (χ0v) is 18.9. The lowest BCUT2D eigenvalue weighted by atomic mass is 9.89. The molecule has 2 heterocycles. The van der Waals surface area contributed by atoms with Crippen molar-refractivity contribution in [3.63, 3.8) is 0 Å². The maximum absolute atomic E-state index is 12.5. The second kappa shape index (κ2) is 7.81. The predicted molar refractivity (Wildman–Crippen MR) is 125 cm³/mol. The first-order valence-corrected chi connectivity index (χ1v) is 11.8. The summed E-state index contributed by atoms with van der Waals surface area (Å²) in [6, 6.07) is 18.7. The molecule has 1 N–H and O–H groups in total. The molecule has 0 spiro atoms. The normalized spacial score (nSPS) is 12.3. The third-order valence-electron chi connectivity index (χ3n) is 5.14. The molecule has 2 aromatic heterocycles. The van der Waals surface area contributed by atoms with E-state index >= 15 is 0 Å². The maximum atomic E-state index is 12.5. The summed E-state index contributed by atoms with van der Waals surface area (Å²) in [6.45, 7) is 6.39. The summed E-state index contributed by atoms with van der Waals surface area (Å²) in [5.74, 6) is -0.0643. The number of pyridine rings is 1. The van der Waals surface area contributed by atoms with Gasteiger partial charge in [0.15, 0.2) is 5.65 Å². The van der Waals surface area contributed by atoms with Gasteiger partial charge < -0.3 is 0 Å². The van der Waals surface area contributed by atoms with E-state index in [4.69, 9.17) is 4.98 Å². The largest absolute Gasteiger partial charge is 0.283 e. The molecule has 0 atom stereocenters. The Kier molecular flexibility index (Phi) is 5.31. The highest BCUT2D eigenvalue weighted by Crippen LogP contribution is 2.33. The van der Waals surface area contributed by atoms with Crippen LogP contribution in [-0.4, -0.2) is 23.2 Å². The highest BCUT2D eigenvalue weighted by atomic mass is 32.2. The molecule has 0 amide bonds. The number of anilines is 1. The van der Waals surface area contributed by atoms with E-state index in [0.717, 1.165) is 33.4 Å². The van der Waals surface area contributed by atoms with Crippen molar-refractivity contribution in [2.45, 2.75) is 31.9 Å².